The van der Waals surface area contributed by atoms with Gasteiger partial charge in [-0.05, 0) is 58.0 Å². The number of anilines is 1. The first kappa shape index (κ1) is 23.9. The average Bonchev–Trinajstić information content (AvgIpc) is 3.33. The first-order chi connectivity index (χ1) is 18.2. The molecule has 1 fully saturated rings. The van der Waals surface area contributed by atoms with Crippen LogP contribution in [0, 0.1) is 0 Å². The molecule has 1 saturated heterocycles. The summed E-state index contributed by atoms with van der Waals surface area (Å²) < 4.78 is 0. The van der Waals surface area contributed by atoms with Gasteiger partial charge in [0, 0.05) is 36.2 Å². The molecule has 3 aliphatic rings. The summed E-state index contributed by atoms with van der Waals surface area (Å²) >= 11 is 0. The zero-order valence-electron chi connectivity index (χ0n) is 21.3. The fraction of sp³-hybridized carbons (Fsp3) is 0.267. The fourth-order valence-electron chi connectivity index (χ4n) is 5.88. The third-order valence-electron chi connectivity index (χ3n) is 7.88. The minimum Gasteiger partial charge on any atom is -0.334 e. The molecule has 0 bridgehead atoms. The van der Waals surface area contributed by atoms with E-state index in [0.717, 1.165) is 16.8 Å². The van der Waals surface area contributed by atoms with Gasteiger partial charge in [-0.2, -0.15) is 0 Å². The van der Waals surface area contributed by atoms with Crippen LogP contribution in [0.2, 0.25) is 0 Å². The van der Waals surface area contributed by atoms with Crippen LogP contribution in [0.3, 0.4) is 0 Å². The minimum absolute atomic E-state index is 0.149. The lowest BCUT2D eigenvalue weighted by molar-refractivity contribution is -0.136. The predicted molar refractivity (Wildman–Crippen MR) is 142 cm³/mol. The third kappa shape index (κ3) is 3.93. The molecule has 0 spiro atoms. The second-order valence-electron chi connectivity index (χ2n) is 10.6. The van der Waals surface area contributed by atoms with Crippen molar-refractivity contribution in [2.24, 2.45) is 0 Å². The van der Waals surface area contributed by atoms with Crippen molar-refractivity contribution in [2.45, 2.75) is 51.2 Å². The Morgan fingerprint density at radius 1 is 0.974 bits per heavy atom. The first-order valence-corrected chi connectivity index (χ1v) is 12.8. The average molecular weight is 509 g/mol. The molecule has 2 heterocycles. The maximum absolute atomic E-state index is 12.9. The molecule has 3 aromatic rings. The number of carbonyl (C=O) groups is 4. The molecule has 0 radical (unpaired) electrons. The molecule has 0 saturated carbocycles. The number of nitrogens with one attached hydrogen (secondary N) is 3. The van der Waals surface area contributed by atoms with Crippen molar-refractivity contribution in [3.63, 3.8) is 0 Å². The van der Waals surface area contributed by atoms with Gasteiger partial charge in [-0.25, -0.2) is 4.79 Å². The summed E-state index contributed by atoms with van der Waals surface area (Å²) in [5.41, 5.74) is 7.66. The molecule has 5 amide bonds. The third-order valence-corrected chi connectivity index (χ3v) is 7.88. The number of piperidine rings is 1. The highest BCUT2D eigenvalue weighted by Crippen LogP contribution is 2.49. The lowest BCUT2D eigenvalue weighted by atomic mass is 9.82. The molecule has 3 N–H and O–H groups in total. The molecule has 6 rings (SSSR count). The number of carbonyl (C=O) groups excluding carboxylic acids is 4. The SMILES string of the molecule is CC1(C)c2ccccc2-c2ccc(NC(=O)NCc3ccc4c(c3)CN(C3CCC(=O)NC3=O)C4=O)cc21. The number of fused-ring (bicyclic) bond motifs is 4. The van der Waals surface area contributed by atoms with Gasteiger partial charge in [-0.15, -0.1) is 0 Å². The fourth-order valence-corrected chi connectivity index (χ4v) is 5.88. The van der Waals surface area contributed by atoms with Gasteiger partial charge in [0.25, 0.3) is 5.91 Å². The Hall–Kier alpha value is -4.46. The Bertz CT molecular complexity index is 1530. The van der Waals surface area contributed by atoms with Crippen molar-refractivity contribution < 1.29 is 19.2 Å². The zero-order valence-corrected chi connectivity index (χ0v) is 21.3. The van der Waals surface area contributed by atoms with Gasteiger partial charge in [0.1, 0.15) is 6.04 Å². The van der Waals surface area contributed by atoms with E-state index in [9.17, 15) is 19.2 Å². The lowest BCUT2D eigenvalue weighted by Crippen LogP contribution is -2.52. The number of rotatable bonds is 4. The van der Waals surface area contributed by atoms with Crippen LogP contribution in [0.4, 0.5) is 10.5 Å². The van der Waals surface area contributed by atoms with Gasteiger partial charge >= 0.3 is 6.03 Å². The van der Waals surface area contributed by atoms with Gasteiger partial charge in [-0.1, -0.05) is 56.3 Å². The normalized spacial score (nSPS) is 18.9. The van der Waals surface area contributed by atoms with Crippen LogP contribution in [0.25, 0.3) is 11.1 Å². The number of imide groups is 1. The van der Waals surface area contributed by atoms with E-state index in [-0.39, 0.29) is 36.2 Å². The van der Waals surface area contributed by atoms with Crippen LogP contribution in [-0.4, -0.2) is 34.7 Å². The summed E-state index contributed by atoms with van der Waals surface area (Å²) in [5.74, 6) is -0.955. The Kier molecular flexibility index (Phi) is 5.56. The van der Waals surface area contributed by atoms with E-state index in [4.69, 9.17) is 0 Å². The van der Waals surface area contributed by atoms with Crippen molar-refractivity contribution in [1.29, 1.82) is 0 Å². The van der Waals surface area contributed by atoms with Crippen molar-refractivity contribution in [1.82, 2.24) is 15.5 Å². The molecule has 8 nitrogen and oxygen atoms in total. The minimum atomic E-state index is -0.648. The lowest BCUT2D eigenvalue weighted by Gasteiger charge is -2.29. The van der Waals surface area contributed by atoms with Gasteiger partial charge in [-0.3, -0.25) is 19.7 Å². The van der Waals surface area contributed by atoms with Crippen LogP contribution in [0.5, 0.6) is 0 Å². The number of urea groups is 1. The van der Waals surface area contributed by atoms with E-state index in [1.807, 2.05) is 24.3 Å². The van der Waals surface area contributed by atoms with Crippen LogP contribution in [0.15, 0.2) is 60.7 Å². The summed E-state index contributed by atoms with van der Waals surface area (Å²) in [7, 11) is 0. The van der Waals surface area contributed by atoms with Crippen LogP contribution in [-0.2, 0) is 28.1 Å². The second-order valence-corrected chi connectivity index (χ2v) is 10.6. The van der Waals surface area contributed by atoms with Gasteiger partial charge < -0.3 is 15.5 Å². The molecule has 3 aromatic carbocycles. The van der Waals surface area contributed by atoms with E-state index >= 15 is 0 Å². The molecule has 1 aliphatic carbocycles. The summed E-state index contributed by atoms with van der Waals surface area (Å²) in [4.78, 5) is 50.8. The van der Waals surface area contributed by atoms with E-state index < -0.39 is 11.9 Å². The van der Waals surface area contributed by atoms with E-state index in [0.29, 0.717) is 18.5 Å². The Morgan fingerprint density at radius 3 is 2.55 bits per heavy atom. The van der Waals surface area contributed by atoms with Crippen molar-refractivity contribution in [3.8, 4) is 11.1 Å². The Balaban J connectivity index is 1.10. The topological polar surface area (TPSA) is 108 Å². The summed E-state index contributed by atoms with van der Waals surface area (Å²) in [6.07, 6.45) is 0.542. The van der Waals surface area contributed by atoms with Gasteiger partial charge in [0.2, 0.25) is 11.8 Å². The molecule has 192 valence electrons. The summed E-state index contributed by atoms with van der Waals surface area (Å²) in [5, 5.41) is 8.15. The molecular formula is C30H28N4O4. The predicted octanol–water partition coefficient (Wildman–Crippen LogP) is 4.08. The molecule has 2 aliphatic heterocycles. The standard InChI is InChI=1S/C30H28N4O4/c1-30(2)23-6-4-3-5-21(23)22-10-8-19(14-24(22)30)32-29(38)31-15-17-7-9-20-18(13-17)16-34(28(20)37)25-11-12-26(35)33-27(25)36/h3-10,13-14,25H,11-12,15-16H2,1-2H3,(H2,31,32,38)(H,33,35,36). The second kappa shape index (κ2) is 8.83. The molecule has 38 heavy (non-hydrogen) atoms. The monoisotopic (exact) mass is 508 g/mol. The summed E-state index contributed by atoms with van der Waals surface area (Å²) in [6, 6.07) is 18.9. The van der Waals surface area contributed by atoms with Crippen LogP contribution >= 0.6 is 0 Å². The maximum atomic E-state index is 12.9. The highest BCUT2D eigenvalue weighted by Gasteiger charge is 2.39. The van der Waals surface area contributed by atoms with E-state index in [1.165, 1.54) is 27.2 Å². The zero-order chi connectivity index (χ0) is 26.6. The van der Waals surface area contributed by atoms with Crippen LogP contribution in [0.1, 0.15) is 59.3 Å². The molecule has 0 aromatic heterocycles. The maximum Gasteiger partial charge on any atom is 0.319 e. The first-order valence-electron chi connectivity index (χ1n) is 12.8. The number of benzene rings is 3. The Morgan fingerprint density at radius 2 is 1.74 bits per heavy atom. The largest absolute Gasteiger partial charge is 0.334 e. The van der Waals surface area contributed by atoms with Crippen molar-refractivity contribution in [2.75, 3.05) is 5.32 Å². The van der Waals surface area contributed by atoms with Crippen molar-refractivity contribution >= 4 is 29.4 Å². The van der Waals surface area contributed by atoms with Gasteiger partial charge in [0.05, 0.1) is 0 Å². The van der Waals surface area contributed by atoms with E-state index in [1.54, 1.807) is 12.1 Å². The number of nitrogens with zero attached hydrogens (tertiary/aromatic N) is 1. The summed E-state index contributed by atoms with van der Waals surface area (Å²) in [6.45, 7) is 4.98. The molecule has 1 unspecified atom stereocenters. The molecule has 1 atom stereocenters. The van der Waals surface area contributed by atoms with Crippen LogP contribution < -0.4 is 16.0 Å². The quantitative estimate of drug-likeness (QED) is 0.462. The Labute approximate surface area is 220 Å². The number of hydrogen-bond donors (Lipinski definition) is 3. The van der Waals surface area contributed by atoms with E-state index in [2.05, 4.69) is 54.1 Å². The molecular weight excluding hydrogens is 480 g/mol. The molecule has 8 heteroatoms. The number of hydrogen-bond acceptors (Lipinski definition) is 4. The highest BCUT2D eigenvalue weighted by atomic mass is 16.2. The highest BCUT2D eigenvalue weighted by molar-refractivity contribution is 6.05. The number of amides is 5. The van der Waals surface area contributed by atoms with Gasteiger partial charge in [0.15, 0.2) is 0 Å². The smallest absolute Gasteiger partial charge is 0.319 e. The van der Waals surface area contributed by atoms with Crippen molar-refractivity contribution in [3.05, 3.63) is 88.5 Å².